The maximum absolute atomic E-state index is 11.7. The van der Waals surface area contributed by atoms with E-state index in [2.05, 4.69) is 5.32 Å². The number of hydrogen-bond acceptors (Lipinski definition) is 3. The maximum atomic E-state index is 11.7. The number of carbonyl (C=O) groups is 2. The lowest BCUT2D eigenvalue weighted by Crippen LogP contribution is -2.39. The lowest BCUT2D eigenvalue weighted by molar-refractivity contribution is -0.116. The molecule has 1 aromatic rings. The van der Waals surface area contributed by atoms with E-state index in [4.69, 9.17) is 16.3 Å². The summed E-state index contributed by atoms with van der Waals surface area (Å²) in [6.45, 7) is 1.47. The quantitative estimate of drug-likeness (QED) is 0.923. The number of hydrogen-bond donors (Lipinski definition) is 1. The standard InChI is InChI=1S/C13H15ClN2O3/c14-10-3-1-4-11(9-10)15-12(17)5-7-16-6-2-8-19-13(16)18/h1,3-4,9H,2,5-8H2,(H,15,17). The van der Waals surface area contributed by atoms with Crippen LogP contribution in [0.5, 0.6) is 0 Å². The largest absolute Gasteiger partial charge is 0.449 e. The minimum Gasteiger partial charge on any atom is -0.449 e. The van der Waals surface area contributed by atoms with Gasteiger partial charge in [-0.2, -0.15) is 0 Å². The molecule has 102 valence electrons. The summed E-state index contributed by atoms with van der Waals surface area (Å²) in [7, 11) is 0. The zero-order valence-electron chi connectivity index (χ0n) is 10.4. The molecule has 1 N–H and O–H groups in total. The molecule has 0 spiro atoms. The molecular formula is C13H15ClN2O3. The van der Waals surface area contributed by atoms with Gasteiger partial charge in [0.15, 0.2) is 0 Å². The Morgan fingerprint density at radius 1 is 1.47 bits per heavy atom. The third-order valence-corrected chi connectivity index (χ3v) is 3.01. The van der Waals surface area contributed by atoms with Crippen LogP contribution < -0.4 is 5.32 Å². The van der Waals surface area contributed by atoms with E-state index in [1.54, 1.807) is 29.2 Å². The fourth-order valence-corrected chi connectivity index (χ4v) is 2.02. The second-order valence-corrected chi connectivity index (χ2v) is 4.70. The number of benzene rings is 1. The summed E-state index contributed by atoms with van der Waals surface area (Å²) in [4.78, 5) is 24.6. The highest BCUT2D eigenvalue weighted by Gasteiger charge is 2.19. The van der Waals surface area contributed by atoms with Crippen LogP contribution in [-0.2, 0) is 9.53 Å². The van der Waals surface area contributed by atoms with E-state index in [-0.39, 0.29) is 18.4 Å². The van der Waals surface area contributed by atoms with Crippen molar-refractivity contribution in [3.63, 3.8) is 0 Å². The van der Waals surface area contributed by atoms with Crippen LogP contribution in [0.3, 0.4) is 0 Å². The number of nitrogens with zero attached hydrogens (tertiary/aromatic N) is 1. The molecule has 1 aliphatic rings. The molecule has 2 rings (SSSR count). The number of halogens is 1. The van der Waals surface area contributed by atoms with Crippen LogP contribution in [0, 0.1) is 0 Å². The molecule has 1 aliphatic heterocycles. The predicted octanol–water partition coefficient (Wildman–Crippen LogP) is 2.51. The zero-order chi connectivity index (χ0) is 13.7. The SMILES string of the molecule is O=C(CCN1CCCOC1=O)Nc1cccc(Cl)c1. The van der Waals surface area contributed by atoms with Gasteiger partial charge in [0.1, 0.15) is 0 Å². The van der Waals surface area contributed by atoms with Crippen molar-refractivity contribution in [3.05, 3.63) is 29.3 Å². The molecule has 19 heavy (non-hydrogen) atoms. The van der Waals surface area contributed by atoms with Crippen molar-refractivity contribution >= 4 is 29.3 Å². The van der Waals surface area contributed by atoms with Crippen LogP contribution in [0.15, 0.2) is 24.3 Å². The van der Waals surface area contributed by atoms with Gasteiger partial charge in [-0.15, -0.1) is 0 Å². The summed E-state index contributed by atoms with van der Waals surface area (Å²) < 4.78 is 4.89. The van der Waals surface area contributed by atoms with Gasteiger partial charge in [-0.05, 0) is 24.6 Å². The number of carbonyl (C=O) groups excluding carboxylic acids is 2. The van der Waals surface area contributed by atoms with Gasteiger partial charge in [-0.3, -0.25) is 4.79 Å². The number of nitrogens with one attached hydrogen (secondary N) is 1. The Balaban J connectivity index is 1.80. The molecule has 0 unspecified atom stereocenters. The Kier molecular flexibility index (Phi) is 4.63. The first-order valence-corrected chi connectivity index (χ1v) is 6.50. The van der Waals surface area contributed by atoms with E-state index in [0.29, 0.717) is 30.4 Å². The minimum atomic E-state index is -0.346. The summed E-state index contributed by atoms with van der Waals surface area (Å²) in [5.74, 6) is -0.152. The van der Waals surface area contributed by atoms with E-state index >= 15 is 0 Å². The molecule has 0 saturated carbocycles. The predicted molar refractivity (Wildman–Crippen MR) is 72.2 cm³/mol. The smallest absolute Gasteiger partial charge is 0.409 e. The Bertz CT molecular complexity index is 479. The number of cyclic esters (lactones) is 1. The Labute approximate surface area is 116 Å². The van der Waals surface area contributed by atoms with Gasteiger partial charge < -0.3 is 15.0 Å². The lowest BCUT2D eigenvalue weighted by atomic mass is 10.3. The molecule has 0 radical (unpaired) electrons. The number of ether oxygens (including phenoxy) is 1. The highest BCUT2D eigenvalue weighted by Crippen LogP contribution is 2.15. The molecule has 0 bridgehead atoms. The van der Waals surface area contributed by atoms with Crippen LogP contribution in [0.25, 0.3) is 0 Å². The van der Waals surface area contributed by atoms with Gasteiger partial charge in [0, 0.05) is 30.2 Å². The summed E-state index contributed by atoms with van der Waals surface area (Å²) in [5.41, 5.74) is 0.652. The fraction of sp³-hybridized carbons (Fsp3) is 0.385. The van der Waals surface area contributed by atoms with Crippen LogP contribution in [0.4, 0.5) is 10.5 Å². The third-order valence-electron chi connectivity index (χ3n) is 2.77. The Morgan fingerprint density at radius 2 is 2.32 bits per heavy atom. The van der Waals surface area contributed by atoms with Crippen molar-refractivity contribution in [2.75, 3.05) is 25.0 Å². The number of rotatable bonds is 4. The Morgan fingerprint density at radius 3 is 3.05 bits per heavy atom. The van der Waals surface area contributed by atoms with E-state index in [0.717, 1.165) is 6.42 Å². The highest BCUT2D eigenvalue weighted by molar-refractivity contribution is 6.30. The minimum absolute atomic E-state index is 0.152. The van der Waals surface area contributed by atoms with Crippen molar-refractivity contribution in [1.82, 2.24) is 4.90 Å². The number of anilines is 1. The average molecular weight is 283 g/mol. The van der Waals surface area contributed by atoms with Crippen LogP contribution in [0.1, 0.15) is 12.8 Å². The van der Waals surface area contributed by atoms with Gasteiger partial charge in [0.2, 0.25) is 5.91 Å². The van der Waals surface area contributed by atoms with E-state index in [9.17, 15) is 9.59 Å². The van der Waals surface area contributed by atoms with E-state index in [1.807, 2.05) is 0 Å². The maximum Gasteiger partial charge on any atom is 0.409 e. The van der Waals surface area contributed by atoms with Crippen molar-refractivity contribution in [2.45, 2.75) is 12.8 Å². The molecule has 0 atom stereocenters. The van der Waals surface area contributed by atoms with Gasteiger partial charge in [0.05, 0.1) is 6.61 Å². The summed E-state index contributed by atoms with van der Waals surface area (Å²) in [6, 6.07) is 6.94. The van der Waals surface area contributed by atoms with E-state index in [1.165, 1.54) is 0 Å². The first-order chi connectivity index (χ1) is 9.15. The molecular weight excluding hydrogens is 268 g/mol. The molecule has 2 amide bonds. The normalized spacial score (nSPS) is 15.0. The molecule has 1 heterocycles. The van der Waals surface area contributed by atoms with Crippen LogP contribution in [0.2, 0.25) is 5.02 Å². The van der Waals surface area contributed by atoms with Crippen molar-refractivity contribution in [3.8, 4) is 0 Å². The molecule has 1 aromatic carbocycles. The summed E-state index contributed by atoms with van der Waals surface area (Å²) >= 11 is 5.83. The van der Waals surface area contributed by atoms with E-state index < -0.39 is 0 Å². The zero-order valence-corrected chi connectivity index (χ0v) is 11.2. The summed E-state index contributed by atoms with van der Waals surface area (Å²) in [5, 5.41) is 3.30. The number of amides is 2. The van der Waals surface area contributed by atoms with Crippen LogP contribution >= 0.6 is 11.6 Å². The molecule has 1 saturated heterocycles. The monoisotopic (exact) mass is 282 g/mol. The van der Waals surface area contributed by atoms with Gasteiger partial charge in [-0.25, -0.2) is 4.79 Å². The molecule has 0 aliphatic carbocycles. The topological polar surface area (TPSA) is 58.6 Å². The van der Waals surface area contributed by atoms with Gasteiger partial charge >= 0.3 is 6.09 Å². The third kappa shape index (κ3) is 4.13. The molecule has 1 fully saturated rings. The highest BCUT2D eigenvalue weighted by atomic mass is 35.5. The molecule has 0 aromatic heterocycles. The lowest BCUT2D eigenvalue weighted by Gasteiger charge is -2.25. The Hall–Kier alpha value is -1.75. The van der Waals surface area contributed by atoms with Crippen molar-refractivity contribution < 1.29 is 14.3 Å². The first-order valence-electron chi connectivity index (χ1n) is 6.12. The van der Waals surface area contributed by atoms with Gasteiger partial charge in [-0.1, -0.05) is 17.7 Å². The molecule has 6 heteroatoms. The average Bonchev–Trinajstić information content (AvgIpc) is 2.38. The first kappa shape index (κ1) is 13.7. The molecule has 5 nitrogen and oxygen atoms in total. The van der Waals surface area contributed by atoms with Gasteiger partial charge in [0.25, 0.3) is 0 Å². The van der Waals surface area contributed by atoms with Crippen molar-refractivity contribution in [1.29, 1.82) is 0 Å². The fourth-order valence-electron chi connectivity index (χ4n) is 1.83. The second-order valence-electron chi connectivity index (χ2n) is 4.26. The van der Waals surface area contributed by atoms with Crippen LogP contribution in [-0.4, -0.2) is 36.6 Å². The second kappa shape index (κ2) is 6.43. The summed E-state index contributed by atoms with van der Waals surface area (Å²) in [6.07, 6.45) is 0.699. The van der Waals surface area contributed by atoms with Crippen molar-refractivity contribution in [2.24, 2.45) is 0 Å².